The molecule has 0 amide bonds. The molecule has 2 aliphatic heterocycles. The van der Waals surface area contributed by atoms with Gasteiger partial charge in [0, 0.05) is 18.6 Å². The first kappa shape index (κ1) is 11.0. The highest BCUT2D eigenvalue weighted by Gasteiger charge is 2.49. The summed E-state index contributed by atoms with van der Waals surface area (Å²) in [5.74, 6) is 0. The van der Waals surface area contributed by atoms with Crippen molar-refractivity contribution in [2.24, 2.45) is 5.41 Å². The molecule has 2 saturated heterocycles. The Labute approximate surface area is 100.0 Å². The van der Waals surface area contributed by atoms with Crippen LogP contribution in [0.2, 0.25) is 0 Å². The fraction of sp³-hybridized carbons (Fsp3) is 1.00. The van der Waals surface area contributed by atoms with E-state index in [2.05, 4.69) is 23.6 Å². The molecule has 1 saturated carbocycles. The second kappa shape index (κ2) is 3.99. The number of rotatable bonds is 1. The molecule has 3 rings (SSSR count). The van der Waals surface area contributed by atoms with Crippen molar-refractivity contribution in [3.8, 4) is 0 Å². The fourth-order valence-corrected chi connectivity index (χ4v) is 3.75. The first-order chi connectivity index (χ1) is 7.67. The van der Waals surface area contributed by atoms with Crippen LogP contribution in [-0.4, -0.2) is 48.1 Å². The summed E-state index contributed by atoms with van der Waals surface area (Å²) in [6.45, 7) is 10.3. The van der Waals surface area contributed by atoms with Crippen molar-refractivity contribution < 1.29 is 0 Å². The molecular weight excluding hydrogens is 196 g/mol. The Morgan fingerprint density at radius 2 is 1.62 bits per heavy atom. The maximum atomic E-state index is 2.80. The van der Waals surface area contributed by atoms with Gasteiger partial charge in [-0.2, -0.15) is 0 Å². The van der Waals surface area contributed by atoms with Crippen molar-refractivity contribution in [3.05, 3.63) is 0 Å². The quantitative estimate of drug-likeness (QED) is 0.672. The molecule has 0 bridgehead atoms. The van der Waals surface area contributed by atoms with Crippen LogP contribution in [0.4, 0.5) is 0 Å². The van der Waals surface area contributed by atoms with Crippen LogP contribution in [-0.2, 0) is 0 Å². The van der Waals surface area contributed by atoms with E-state index < -0.39 is 0 Å². The molecule has 0 aromatic rings. The van der Waals surface area contributed by atoms with Crippen molar-refractivity contribution in [1.29, 1.82) is 0 Å². The molecule has 0 spiro atoms. The molecule has 2 heteroatoms. The van der Waals surface area contributed by atoms with Gasteiger partial charge in [0.1, 0.15) is 0 Å². The van der Waals surface area contributed by atoms with Crippen molar-refractivity contribution >= 4 is 0 Å². The Morgan fingerprint density at radius 1 is 0.938 bits per heavy atom. The van der Waals surface area contributed by atoms with Crippen molar-refractivity contribution in [3.63, 3.8) is 0 Å². The van der Waals surface area contributed by atoms with E-state index >= 15 is 0 Å². The van der Waals surface area contributed by atoms with Gasteiger partial charge in [-0.15, -0.1) is 0 Å². The van der Waals surface area contributed by atoms with Gasteiger partial charge in [-0.1, -0.05) is 20.3 Å². The van der Waals surface area contributed by atoms with Gasteiger partial charge >= 0.3 is 0 Å². The maximum absolute atomic E-state index is 2.80. The summed E-state index contributed by atoms with van der Waals surface area (Å²) < 4.78 is 0. The highest BCUT2D eigenvalue weighted by Crippen LogP contribution is 2.49. The number of fused-ring (bicyclic) bond motifs is 1. The van der Waals surface area contributed by atoms with E-state index in [1.165, 1.54) is 58.3 Å². The number of piperidine rings is 1. The van der Waals surface area contributed by atoms with Crippen LogP contribution in [0.25, 0.3) is 0 Å². The zero-order valence-electron chi connectivity index (χ0n) is 10.9. The Kier molecular flexibility index (Phi) is 2.75. The highest BCUT2D eigenvalue weighted by atomic mass is 15.3. The Morgan fingerprint density at radius 3 is 2.38 bits per heavy atom. The maximum Gasteiger partial charge on any atom is 0.0223 e. The van der Waals surface area contributed by atoms with Crippen molar-refractivity contribution in [1.82, 2.24) is 9.80 Å². The van der Waals surface area contributed by atoms with Crippen molar-refractivity contribution in [2.45, 2.75) is 58.0 Å². The summed E-state index contributed by atoms with van der Waals surface area (Å²) >= 11 is 0. The molecule has 0 aromatic carbocycles. The molecular formula is C14H26N2. The smallest absolute Gasteiger partial charge is 0.0223 e. The van der Waals surface area contributed by atoms with E-state index in [0.29, 0.717) is 5.41 Å². The first-order valence-corrected chi connectivity index (χ1v) is 7.15. The van der Waals surface area contributed by atoms with Crippen LogP contribution < -0.4 is 0 Å². The molecule has 2 atom stereocenters. The molecule has 92 valence electrons. The monoisotopic (exact) mass is 222 g/mol. The number of nitrogens with zero attached hydrogens (tertiary/aromatic N) is 2. The highest BCUT2D eigenvalue weighted by molar-refractivity contribution is 5.04. The number of hydrogen-bond donors (Lipinski definition) is 0. The third kappa shape index (κ3) is 2.02. The van der Waals surface area contributed by atoms with Crippen LogP contribution in [0.3, 0.4) is 0 Å². The van der Waals surface area contributed by atoms with E-state index in [1.807, 2.05) is 0 Å². The van der Waals surface area contributed by atoms with Gasteiger partial charge in [0.05, 0.1) is 0 Å². The summed E-state index contributed by atoms with van der Waals surface area (Å²) in [5.41, 5.74) is 0.615. The van der Waals surface area contributed by atoms with Crippen molar-refractivity contribution in [2.75, 3.05) is 26.2 Å². The zero-order valence-corrected chi connectivity index (χ0v) is 10.9. The topological polar surface area (TPSA) is 6.48 Å². The third-order valence-electron chi connectivity index (χ3n) is 4.99. The van der Waals surface area contributed by atoms with Crippen LogP contribution in [0, 0.1) is 5.41 Å². The Bertz CT molecular complexity index is 261. The van der Waals surface area contributed by atoms with Gasteiger partial charge < -0.3 is 0 Å². The summed E-state index contributed by atoms with van der Waals surface area (Å²) in [6.07, 6.45) is 7.17. The third-order valence-corrected chi connectivity index (χ3v) is 4.99. The summed E-state index contributed by atoms with van der Waals surface area (Å²) in [6, 6.07) is 1.78. The minimum Gasteiger partial charge on any atom is -0.299 e. The summed E-state index contributed by atoms with van der Waals surface area (Å²) in [4.78, 5) is 5.56. The Hall–Kier alpha value is -0.0800. The fourth-order valence-electron chi connectivity index (χ4n) is 3.75. The molecule has 0 N–H and O–H groups in total. The van der Waals surface area contributed by atoms with Gasteiger partial charge in [0.25, 0.3) is 0 Å². The number of hydrogen-bond acceptors (Lipinski definition) is 2. The first-order valence-electron chi connectivity index (χ1n) is 7.15. The molecule has 0 aromatic heterocycles. The van der Waals surface area contributed by atoms with Gasteiger partial charge in [0.15, 0.2) is 0 Å². The molecule has 0 radical (unpaired) electrons. The van der Waals surface area contributed by atoms with Crippen LogP contribution in [0.5, 0.6) is 0 Å². The second-order valence-electron chi connectivity index (χ2n) is 6.74. The molecule has 2 heterocycles. The minimum absolute atomic E-state index is 0.615. The molecule has 3 aliphatic rings. The van der Waals surface area contributed by atoms with E-state index in [1.54, 1.807) is 0 Å². The van der Waals surface area contributed by atoms with E-state index in [0.717, 1.165) is 12.1 Å². The predicted molar refractivity (Wildman–Crippen MR) is 67.6 cm³/mol. The zero-order chi connectivity index (χ0) is 11.2. The largest absolute Gasteiger partial charge is 0.299 e. The minimum atomic E-state index is 0.615. The van der Waals surface area contributed by atoms with Crippen LogP contribution >= 0.6 is 0 Å². The predicted octanol–water partition coefficient (Wildman–Crippen LogP) is 2.35. The summed E-state index contributed by atoms with van der Waals surface area (Å²) in [5, 5.41) is 0. The Balaban J connectivity index is 1.65. The van der Waals surface area contributed by atoms with E-state index in [9.17, 15) is 0 Å². The average molecular weight is 222 g/mol. The molecule has 2 nitrogen and oxygen atoms in total. The molecule has 1 aliphatic carbocycles. The SMILES string of the molecule is CC1(C)CC1N1CCCN2CCCCC2C1. The van der Waals surface area contributed by atoms with E-state index in [4.69, 9.17) is 0 Å². The van der Waals surface area contributed by atoms with Crippen LogP contribution in [0.15, 0.2) is 0 Å². The average Bonchev–Trinajstić information content (AvgIpc) is 2.93. The lowest BCUT2D eigenvalue weighted by Gasteiger charge is -2.35. The lowest BCUT2D eigenvalue weighted by atomic mass is 10.0. The molecule has 3 fully saturated rings. The summed E-state index contributed by atoms with van der Waals surface area (Å²) in [7, 11) is 0. The van der Waals surface area contributed by atoms with Gasteiger partial charge in [-0.05, 0) is 50.7 Å². The second-order valence-corrected chi connectivity index (χ2v) is 6.74. The van der Waals surface area contributed by atoms with Gasteiger partial charge in [-0.25, -0.2) is 0 Å². The van der Waals surface area contributed by atoms with Gasteiger partial charge in [-0.3, -0.25) is 9.80 Å². The van der Waals surface area contributed by atoms with E-state index in [-0.39, 0.29) is 0 Å². The lowest BCUT2D eigenvalue weighted by Crippen LogP contribution is -2.44. The standard InChI is InChI=1S/C14H26N2/c1-14(2)10-13(14)16-9-5-8-15-7-4-3-6-12(15)11-16/h12-13H,3-11H2,1-2H3. The van der Waals surface area contributed by atoms with Crippen LogP contribution in [0.1, 0.15) is 46.0 Å². The molecule has 16 heavy (non-hydrogen) atoms. The van der Waals surface area contributed by atoms with Gasteiger partial charge in [0.2, 0.25) is 0 Å². The molecule has 2 unspecified atom stereocenters. The lowest BCUT2D eigenvalue weighted by molar-refractivity contribution is 0.130. The normalized spacial score (nSPS) is 40.1.